The topological polar surface area (TPSA) is 55.8 Å². The van der Waals surface area contributed by atoms with E-state index in [9.17, 15) is 8.42 Å². The van der Waals surface area contributed by atoms with Crippen LogP contribution in [0.3, 0.4) is 0 Å². The molecule has 2 aliphatic rings. The van der Waals surface area contributed by atoms with Gasteiger partial charge in [-0.25, -0.2) is 8.42 Å². The molecule has 2 aromatic carbocycles. The molecule has 0 amide bonds. The van der Waals surface area contributed by atoms with Crippen molar-refractivity contribution in [3.8, 4) is 11.5 Å². The number of hydrogen-bond acceptors (Lipinski definition) is 4. The Kier molecular flexibility index (Phi) is 4.17. The van der Waals surface area contributed by atoms with Gasteiger partial charge in [-0.2, -0.15) is 4.31 Å². The fraction of sp³-hybridized carbons (Fsp3) is 0.368. The van der Waals surface area contributed by atoms with Crippen LogP contribution in [-0.2, 0) is 16.4 Å². The van der Waals surface area contributed by atoms with Crippen LogP contribution in [0.25, 0.3) is 0 Å². The molecule has 1 saturated heterocycles. The fourth-order valence-corrected chi connectivity index (χ4v) is 5.38. The molecule has 0 N–H and O–H groups in total. The van der Waals surface area contributed by atoms with Crippen LogP contribution in [0.5, 0.6) is 11.5 Å². The minimum Gasteiger partial charge on any atom is -0.497 e. The van der Waals surface area contributed by atoms with Gasteiger partial charge in [-0.1, -0.05) is 12.1 Å². The summed E-state index contributed by atoms with van der Waals surface area (Å²) in [5, 5.41) is 0. The number of ether oxygens (including phenoxy) is 2. The Hall–Kier alpha value is -2.05. The van der Waals surface area contributed by atoms with E-state index in [-0.39, 0.29) is 6.04 Å². The molecule has 4 rings (SSSR count). The lowest BCUT2D eigenvalue weighted by Crippen LogP contribution is -2.30. The Morgan fingerprint density at radius 2 is 1.96 bits per heavy atom. The first-order chi connectivity index (χ1) is 12.1. The zero-order valence-corrected chi connectivity index (χ0v) is 15.0. The van der Waals surface area contributed by atoms with E-state index >= 15 is 0 Å². The van der Waals surface area contributed by atoms with Crippen LogP contribution in [0.15, 0.2) is 47.4 Å². The molecule has 1 fully saturated rings. The maximum absolute atomic E-state index is 13.2. The third-order valence-electron chi connectivity index (χ3n) is 4.97. The van der Waals surface area contributed by atoms with E-state index in [1.54, 1.807) is 29.6 Å². The molecule has 0 bridgehead atoms. The molecule has 5 nitrogen and oxygen atoms in total. The molecule has 0 saturated carbocycles. The van der Waals surface area contributed by atoms with Gasteiger partial charge in [0, 0.05) is 13.0 Å². The van der Waals surface area contributed by atoms with Gasteiger partial charge in [-0.15, -0.1) is 0 Å². The molecule has 0 unspecified atom stereocenters. The summed E-state index contributed by atoms with van der Waals surface area (Å²) in [4.78, 5) is 0.358. The van der Waals surface area contributed by atoms with Crippen molar-refractivity contribution in [2.24, 2.45) is 0 Å². The number of nitrogens with zero attached hydrogens (tertiary/aromatic N) is 1. The molecule has 6 heteroatoms. The number of rotatable bonds is 4. The SMILES string of the molecule is COc1ccc([C@@H]2CCCN2S(=O)(=O)c2ccc3c(c2)CCO3)cc1. The van der Waals surface area contributed by atoms with Gasteiger partial charge in [0.15, 0.2) is 0 Å². The molecule has 0 spiro atoms. The van der Waals surface area contributed by atoms with Gasteiger partial charge in [0.2, 0.25) is 10.0 Å². The molecule has 0 aliphatic carbocycles. The molecule has 2 aliphatic heterocycles. The predicted molar refractivity (Wildman–Crippen MR) is 94.5 cm³/mol. The summed E-state index contributed by atoms with van der Waals surface area (Å²) in [6, 6.07) is 12.7. The van der Waals surface area contributed by atoms with Gasteiger partial charge in [-0.05, 0) is 54.3 Å². The highest BCUT2D eigenvalue weighted by Gasteiger charge is 2.36. The lowest BCUT2D eigenvalue weighted by atomic mass is 10.1. The van der Waals surface area contributed by atoms with Crippen LogP contribution in [0, 0.1) is 0 Å². The van der Waals surface area contributed by atoms with E-state index in [2.05, 4.69) is 0 Å². The summed E-state index contributed by atoms with van der Waals surface area (Å²) in [5.74, 6) is 1.57. The monoisotopic (exact) mass is 359 g/mol. The van der Waals surface area contributed by atoms with Gasteiger partial charge in [-0.3, -0.25) is 0 Å². The Morgan fingerprint density at radius 1 is 1.16 bits per heavy atom. The van der Waals surface area contributed by atoms with E-state index in [1.807, 2.05) is 24.3 Å². The smallest absolute Gasteiger partial charge is 0.243 e. The Bertz CT molecular complexity index is 877. The van der Waals surface area contributed by atoms with E-state index in [4.69, 9.17) is 9.47 Å². The molecule has 0 radical (unpaired) electrons. The van der Waals surface area contributed by atoms with E-state index in [0.29, 0.717) is 18.0 Å². The van der Waals surface area contributed by atoms with E-state index < -0.39 is 10.0 Å². The van der Waals surface area contributed by atoms with Crippen LogP contribution < -0.4 is 9.47 Å². The molecule has 25 heavy (non-hydrogen) atoms. The summed E-state index contributed by atoms with van der Waals surface area (Å²) < 4.78 is 38.7. The molecule has 2 heterocycles. The number of sulfonamides is 1. The minimum atomic E-state index is -3.53. The van der Waals surface area contributed by atoms with Gasteiger partial charge >= 0.3 is 0 Å². The summed E-state index contributed by atoms with van der Waals surface area (Å²) in [6.07, 6.45) is 2.46. The van der Waals surface area contributed by atoms with Crippen molar-refractivity contribution in [2.45, 2.75) is 30.2 Å². The highest BCUT2D eigenvalue weighted by atomic mass is 32.2. The van der Waals surface area contributed by atoms with Gasteiger partial charge in [0.25, 0.3) is 0 Å². The lowest BCUT2D eigenvalue weighted by molar-refractivity contribution is 0.356. The van der Waals surface area contributed by atoms with Crippen LogP contribution in [0.1, 0.15) is 30.0 Å². The van der Waals surface area contributed by atoms with Crippen LogP contribution in [0.4, 0.5) is 0 Å². The first-order valence-electron chi connectivity index (χ1n) is 8.51. The maximum atomic E-state index is 13.2. The van der Waals surface area contributed by atoms with Gasteiger partial charge in [0.05, 0.1) is 24.7 Å². The average Bonchev–Trinajstić information content (AvgIpc) is 3.30. The zero-order valence-electron chi connectivity index (χ0n) is 14.1. The van der Waals surface area contributed by atoms with Gasteiger partial charge in [0.1, 0.15) is 11.5 Å². The molecule has 2 aromatic rings. The van der Waals surface area contributed by atoms with Crippen LogP contribution in [-0.4, -0.2) is 33.0 Å². The fourth-order valence-electron chi connectivity index (χ4n) is 3.65. The molecule has 1 atom stereocenters. The third-order valence-corrected chi connectivity index (χ3v) is 6.88. The van der Waals surface area contributed by atoms with Crippen LogP contribution >= 0.6 is 0 Å². The number of fused-ring (bicyclic) bond motifs is 1. The predicted octanol–water partition coefficient (Wildman–Crippen LogP) is 3.16. The molecular weight excluding hydrogens is 338 g/mol. The van der Waals surface area contributed by atoms with Crippen molar-refractivity contribution in [3.63, 3.8) is 0 Å². The second kappa shape index (κ2) is 6.35. The number of hydrogen-bond donors (Lipinski definition) is 0. The minimum absolute atomic E-state index is 0.125. The average molecular weight is 359 g/mol. The Balaban J connectivity index is 1.66. The summed E-state index contributed by atoms with van der Waals surface area (Å²) >= 11 is 0. The van der Waals surface area contributed by atoms with Gasteiger partial charge < -0.3 is 9.47 Å². The molecule has 132 valence electrons. The van der Waals surface area contributed by atoms with Crippen molar-refractivity contribution in [1.82, 2.24) is 4.31 Å². The second-order valence-electron chi connectivity index (χ2n) is 6.41. The zero-order chi connectivity index (χ0) is 17.4. The van der Waals surface area contributed by atoms with E-state index in [1.165, 1.54) is 0 Å². The highest BCUT2D eigenvalue weighted by molar-refractivity contribution is 7.89. The van der Waals surface area contributed by atoms with Crippen molar-refractivity contribution in [3.05, 3.63) is 53.6 Å². The normalized spacial score (nSPS) is 20.3. The maximum Gasteiger partial charge on any atom is 0.243 e. The molecule has 0 aromatic heterocycles. The van der Waals surface area contributed by atoms with Crippen molar-refractivity contribution in [2.75, 3.05) is 20.3 Å². The van der Waals surface area contributed by atoms with E-state index in [0.717, 1.165) is 41.9 Å². The quantitative estimate of drug-likeness (QED) is 0.841. The first kappa shape index (κ1) is 16.4. The van der Waals surface area contributed by atoms with Crippen molar-refractivity contribution >= 4 is 10.0 Å². The second-order valence-corrected chi connectivity index (χ2v) is 8.31. The van der Waals surface area contributed by atoms with Crippen LogP contribution in [0.2, 0.25) is 0 Å². The lowest BCUT2D eigenvalue weighted by Gasteiger charge is -2.25. The summed E-state index contributed by atoms with van der Waals surface area (Å²) in [5.41, 5.74) is 1.98. The highest BCUT2D eigenvalue weighted by Crippen LogP contribution is 2.38. The third kappa shape index (κ3) is 2.89. The number of methoxy groups -OCH3 is 1. The standard InChI is InChI=1S/C19H21NO4S/c1-23-16-6-4-14(5-7-16)18-3-2-11-20(18)25(21,22)17-8-9-19-15(13-17)10-12-24-19/h4-9,13,18H,2-3,10-12H2,1H3/t18-/m0/s1. The largest absolute Gasteiger partial charge is 0.497 e. The Morgan fingerprint density at radius 3 is 2.72 bits per heavy atom. The van der Waals surface area contributed by atoms with Crippen molar-refractivity contribution in [1.29, 1.82) is 0 Å². The Labute approximate surface area is 148 Å². The first-order valence-corrected chi connectivity index (χ1v) is 9.95. The van der Waals surface area contributed by atoms with Crippen molar-refractivity contribution < 1.29 is 17.9 Å². The number of benzene rings is 2. The summed E-state index contributed by atoms with van der Waals surface area (Å²) in [6.45, 7) is 1.17. The summed E-state index contributed by atoms with van der Waals surface area (Å²) in [7, 11) is -1.90. The molecular formula is C19H21NO4S.